The van der Waals surface area contributed by atoms with Gasteiger partial charge >= 0.3 is 5.92 Å². The van der Waals surface area contributed by atoms with E-state index in [2.05, 4.69) is 0 Å². The molecule has 1 fully saturated rings. The van der Waals surface area contributed by atoms with Crippen LogP contribution in [0.4, 0.5) is 8.78 Å². The Morgan fingerprint density at radius 1 is 0.706 bits per heavy atom. The second kappa shape index (κ2) is 11.6. The molecule has 0 spiro atoms. The minimum Gasteiger partial charge on any atom is -0.374 e. The Labute approximate surface area is 197 Å². The van der Waals surface area contributed by atoms with Gasteiger partial charge in [0.05, 0.1) is 26.4 Å². The molecule has 0 saturated carbocycles. The summed E-state index contributed by atoms with van der Waals surface area (Å²) >= 11 is 0. The molecular formula is C27H28F2O5. The highest BCUT2D eigenvalue weighted by molar-refractivity contribution is 5.15. The molecule has 0 bridgehead atoms. The summed E-state index contributed by atoms with van der Waals surface area (Å²) in [5, 5.41) is 10.6. The van der Waals surface area contributed by atoms with Crippen molar-refractivity contribution < 1.29 is 32.8 Å². The largest absolute Gasteiger partial charge is 0.374 e. The lowest BCUT2D eigenvalue weighted by molar-refractivity contribution is -0.353. The fourth-order valence-electron chi connectivity index (χ4n) is 3.80. The van der Waals surface area contributed by atoms with Crippen molar-refractivity contribution in [1.29, 1.82) is 0 Å². The quantitative estimate of drug-likeness (QED) is 0.465. The monoisotopic (exact) mass is 470 g/mol. The summed E-state index contributed by atoms with van der Waals surface area (Å²) in [5.41, 5.74) is 2.37. The Balaban J connectivity index is 1.46. The zero-order valence-corrected chi connectivity index (χ0v) is 18.6. The molecule has 3 aromatic carbocycles. The molecule has 5 nitrogen and oxygen atoms in total. The topological polar surface area (TPSA) is 57.2 Å². The third-order valence-corrected chi connectivity index (χ3v) is 5.63. The SMILES string of the molecule is O[C@H]1O[C@H](COCc2ccccc2)C(F)(F)[C@H](OCc2ccccc2)[C@H]1OCc1ccccc1. The van der Waals surface area contributed by atoms with Gasteiger partial charge in [0, 0.05) is 0 Å². The first-order valence-corrected chi connectivity index (χ1v) is 11.2. The maximum Gasteiger partial charge on any atom is 0.304 e. The van der Waals surface area contributed by atoms with Crippen molar-refractivity contribution in [1.82, 2.24) is 0 Å². The van der Waals surface area contributed by atoms with Gasteiger partial charge in [-0.05, 0) is 16.7 Å². The number of aliphatic hydroxyl groups excluding tert-OH is 1. The summed E-state index contributed by atoms with van der Waals surface area (Å²) in [6.07, 6.45) is -6.41. The maximum atomic E-state index is 15.6. The van der Waals surface area contributed by atoms with Crippen LogP contribution in [-0.4, -0.2) is 42.2 Å². The number of hydrogen-bond donors (Lipinski definition) is 1. The second-order valence-corrected chi connectivity index (χ2v) is 8.17. The van der Waals surface area contributed by atoms with Gasteiger partial charge < -0.3 is 24.1 Å². The summed E-state index contributed by atoms with van der Waals surface area (Å²) in [7, 11) is 0. The molecule has 4 rings (SSSR count). The highest BCUT2D eigenvalue weighted by Crippen LogP contribution is 2.38. The van der Waals surface area contributed by atoms with Crippen LogP contribution in [0.25, 0.3) is 0 Å². The first-order valence-electron chi connectivity index (χ1n) is 11.2. The molecule has 0 radical (unpaired) electrons. The summed E-state index contributed by atoms with van der Waals surface area (Å²) < 4.78 is 53.4. The van der Waals surface area contributed by atoms with Gasteiger partial charge in [-0.3, -0.25) is 0 Å². The van der Waals surface area contributed by atoms with Crippen LogP contribution in [0.15, 0.2) is 91.0 Å². The molecule has 0 aliphatic carbocycles. The third-order valence-electron chi connectivity index (χ3n) is 5.63. The molecule has 1 heterocycles. The Bertz CT molecular complexity index is 988. The van der Waals surface area contributed by atoms with E-state index in [0.29, 0.717) is 0 Å². The molecule has 180 valence electrons. The van der Waals surface area contributed by atoms with Crippen molar-refractivity contribution in [2.75, 3.05) is 6.61 Å². The van der Waals surface area contributed by atoms with E-state index in [0.717, 1.165) is 16.7 Å². The van der Waals surface area contributed by atoms with Crippen molar-refractivity contribution in [3.63, 3.8) is 0 Å². The Kier molecular flexibility index (Phi) is 8.37. The molecule has 34 heavy (non-hydrogen) atoms. The minimum atomic E-state index is -3.47. The van der Waals surface area contributed by atoms with E-state index in [9.17, 15) is 5.11 Å². The zero-order valence-electron chi connectivity index (χ0n) is 18.6. The number of halogens is 2. The van der Waals surface area contributed by atoms with Crippen LogP contribution in [0.1, 0.15) is 16.7 Å². The molecule has 4 atom stereocenters. The maximum absolute atomic E-state index is 15.6. The van der Waals surface area contributed by atoms with Crippen LogP contribution < -0.4 is 0 Å². The Morgan fingerprint density at radius 2 is 1.18 bits per heavy atom. The van der Waals surface area contributed by atoms with E-state index < -0.39 is 37.1 Å². The molecule has 7 heteroatoms. The molecule has 0 unspecified atom stereocenters. The predicted octanol–water partition coefficient (Wildman–Crippen LogP) is 4.73. The zero-order chi connectivity index (χ0) is 23.8. The van der Waals surface area contributed by atoms with Gasteiger partial charge in [-0.1, -0.05) is 91.0 Å². The first kappa shape index (κ1) is 24.4. The molecule has 1 aliphatic heterocycles. The van der Waals surface area contributed by atoms with E-state index in [4.69, 9.17) is 18.9 Å². The average Bonchev–Trinajstić information content (AvgIpc) is 2.86. The number of ether oxygens (including phenoxy) is 4. The lowest BCUT2D eigenvalue weighted by Crippen LogP contribution is -2.64. The van der Waals surface area contributed by atoms with E-state index in [1.807, 2.05) is 66.7 Å². The molecule has 0 aromatic heterocycles. The molecule has 1 N–H and O–H groups in total. The number of rotatable bonds is 10. The van der Waals surface area contributed by atoms with Gasteiger partial charge in [0.15, 0.2) is 18.5 Å². The van der Waals surface area contributed by atoms with Gasteiger partial charge in [-0.2, -0.15) is 0 Å². The summed E-state index contributed by atoms with van der Waals surface area (Å²) in [4.78, 5) is 0. The predicted molar refractivity (Wildman–Crippen MR) is 122 cm³/mol. The van der Waals surface area contributed by atoms with Crippen LogP contribution in [0.5, 0.6) is 0 Å². The van der Waals surface area contributed by atoms with E-state index in [1.165, 1.54) is 0 Å². The number of alkyl halides is 2. The van der Waals surface area contributed by atoms with Crippen molar-refractivity contribution in [2.45, 2.75) is 50.3 Å². The van der Waals surface area contributed by atoms with E-state index in [-0.39, 0.29) is 19.8 Å². The fourth-order valence-corrected chi connectivity index (χ4v) is 3.80. The molecule has 1 saturated heterocycles. The highest BCUT2D eigenvalue weighted by atomic mass is 19.3. The molecule has 3 aromatic rings. The van der Waals surface area contributed by atoms with Gasteiger partial charge in [-0.15, -0.1) is 0 Å². The normalized spacial score (nSPS) is 24.1. The van der Waals surface area contributed by atoms with Gasteiger partial charge in [0.25, 0.3) is 0 Å². The molecule has 0 amide bonds. The Hall–Kier alpha value is -2.68. The molecule has 1 aliphatic rings. The fraction of sp³-hybridized carbons (Fsp3) is 0.333. The van der Waals surface area contributed by atoms with Gasteiger partial charge in [-0.25, -0.2) is 8.78 Å². The van der Waals surface area contributed by atoms with Gasteiger partial charge in [0.1, 0.15) is 6.10 Å². The van der Waals surface area contributed by atoms with Crippen molar-refractivity contribution in [3.05, 3.63) is 108 Å². The number of hydrogen-bond acceptors (Lipinski definition) is 5. The molecular weight excluding hydrogens is 442 g/mol. The lowest BCUT2D eigenvalue weighted by atomic mass is 9.97. The van der Waals surface area contributed by atoms with Crippen LogP contribution in [0, 0.1) is 0 Å². The lowest BCUT2D eigenvalue weighted by Gasteiger charge is -2.44. The summed E-state index contributed by atoms with van der Waals surface area (Å²) in [5.74, 6) is -3.47. The highest BCUT2D eigenvalue weighted by Gasteiger charge is 2.59. The summed E-state index contributed by atoms with van der Waals surface area (Å²) in [6, 6.07) is 27.4. The van der Waals surface area contributed by atoms with E-state index >= 15 is 8.78 Å². The Morgan fingerprint density at radius 3 is 1.71 bits per heavy atom. The van der Waals surface area contributed by atoms with Crippen LogP contribution in [-0.2, 0) is 38.8 Å². The third kappa shape index (κ3) is 6.25. The second-order valence-electron chi connectivity index (χ2n) is 8.17. The van der Waals surface area contributed by atoms with Crippen LogP contribution in [0.3, 0.4) is 0 Å². The summed E-state index contributed by atoms with van der Waals surface area (Å²) in [6.45, 7) is -0.287. The number of benzene rings is 3. The van der Waals surface area contributed by atoms with Crippen LogP contribution in [0.2, 0.25) is 0 Å². The van der Waals surface area contributed by atoms with E-state index in [1.54, 1.807) is 24.3 Å². The van der Waals surface area contributed by atoms with Crippen molar-refractivity contribution in [2.24, 2.45) is 0 Å². The van der Waals surface area contributed by atoms with Gasteiger partial charge in [0.2, 0.25) is 0 Å². The average molecular weight is 471 g/mol. The standard InChI is InChI=1S/C27H28F2O5/c28-27(29)23(19-31-16-20-10-4-1-5-11-20)34-26(30)24(32-17-21-12-6-2-7-13-21)25(27)33-18-22-14-8-3-9-15-22/h1-15,23-26,30H,16-19H2/t23-,24-,25-,26+/m1/s1. The smallest absolute Gasteiger partial charge is 0.304 e. The minimum absolute atomic E-state index is 0.0301. The van der Waals surface area contributed by atoms with Crippen molar-refractivity contribution >= 4 is 0 Å². The first-order chi connectivity index (χ1) is 16.5. The van der Waals surface area contributed by atoms with Crippen LogP contribution >= 0.6 is 0 Å². The van der Waals surface area contributed by atoms with Crippen molar-refractivity contribution in [3.8, 4) is 0 Å². The number of aliphatic hydroxyl groups is 1.